The van der Waals surface area contributed by atoms with Crippen LogP contribution in [0, 0.1) is 0 Å². The molecule has 1 heterocycles. The van der Waals surface area contributed by atoms with Crippen LogP contribution in [-0.4, -0.2) is 62.0 Å². The Morgan fingerprint density at radius 2 is 1.81 bits per heavy atom. The summed E-state index contributed by atoms with van der Waals surface area (Å²) in [6.45, 7) is 9.70. The Balaban J connectivity index is 2.01. The Morgan fingerprint density at radius 1 is 1.15 bits per heavy atom. The summed E-state index contributed by atoms with van der Waals surface area (Å²) in [6.07, 6.45) is -0.313. The average molecular weight is 399 g/mol. The van der Waals surface area contributed by atoms with E-state index in [0.717, 1.165) is 5.69 Å². The van der Waals surface area contributed by atoms with Gasteiger partial charge in [0.25, 0.3) is 0 Å². The van der Waals surface area contributed by atoms with Crippen LogP contribution in [0.5, 0.6) is 5.75 Å². The maximum Gasteiger partial charge on any atom is 0.410 e. The Kier molecular flexibility index (Phi) is 7.18. The first kappa shape index (κ1) is 21.2. The average Bonchev–Trinajstić information content (AvgIpc) is 2.59. The zero-order valence-electron chi connectivity index (χ0n) is 16.3. The summed E-state index contributed by atoms with van der Waals surface area (Å²) in [5.74, 6) is 0.131. The van der Waals surface area contributed by atoms with Crippen molar-refractivity contribution in [1.82, 2.24) is 4.90 Å². The van der Waals surface area contributed by atoms with Gasteiger partial charge in [-0.25, -0.2) is 9.59 Å². The van der Waals surface area contributed by atoms with Crippen LogP contribution in [0.25, 0.3) is 0 Å². The Morgan fingerprint density at radius 3 is 2.41 bits per heavy atom. The Labute approximate surface area is 165 Å². The molecule has 0 unspecified atom stereocenters. The summed E-state index contributed by atoms with van der Waals surface area (Å²) in [5, 5.41) is 0.572. The number of benzene rings is 1. The minimum atomic E-state index is -0.519. The van der Waals surface area contributed by atoms with E-state index < -0.39 is 11.6 Å². The first-order chi connectivity index (χ1) is 12.7. The molecule has 0 radical (unpaired) electrons. The van der Waals surface area contributed by atoms with Crippen molar-refractivity contribution < 1.29 is 23.8 Å². The molecule has 1 aliphatic heterocycles. The quantitative estimate of drug-likeness (QED) is 0.708. The number of carbonyl (C=O) groups excluding carboxylic acids is 2. The van der Waals surface area contributed by atoms with Gasteiger partial charge in [-0.15, -0.1) is 0 Å². The van der Waals surface area contributed by atoms with Crippen molar-refractivity contribution in [2.75, 3.05) is 44.3 Å². The largest absolute Gasteiger partial charge is 0.480 e. The molecule has 0 aromatic heterocycles. The molecule has 0 aliphatic carbocycles. The molecule has 7 nitrogen and oxygen atoms in total. The van der Waals surface area contributed by atoms with Crippen LogP contribution in [-0.2, 0) is 14.3 Å². The number of anilines is 1. The van der Waals surface area contributed by atoms with Crippen LogP contribution in [0.3, 0.4) is 0 Å². The number of carbonyl (C=O) groups is 2. The van der Waals surface area contributed by atoms with Crippen molar-refractivity contribution >= 4 is 29.4 Å². The number of ether oxygens (including phenoxy) is 3. The van der Waals surface area contributed by atoms with Gasteiger partial charge in [0.2, 0.25) is 0 Å². The molecule has 1 aromatic carbocycles. The zero-order chi connectivity index (χ0) is 20.0. The lowest BCUT2D eigenvalue weighted by atomic mass is 10.2. The van der Waals surface area contributed by atoms with E-state index in [2.05, 4.69) is 4.90 Å². The predicted molar refractivity (Wildman–Crippen MR) is 104 cm³/mol. The molecular formula is C19H27ClN2O5. The van der Waals surface area contributed by atoms with E-state index in [9.17, 15) is 9.59 Å². The molecule has 0 saturated carbocycles. The van der Waals surface area contributed by atoms with Crippen molar-refractivity contribution in [3.05, 3.63) is 23.2 Å². The van der Waals surface area contributed by atoms with Crippen molar-refractivity contribution in [1.29, 1.82) is 0 Å². The molecule has 2 rings (SSSR count). The Hall–Kier alpha value is -2.15. The van der Waals surface area contributed by atoms with Gasteiger partial charge < -0.3 is 24.0 Å². The fourth-order valence-corrected chi connectivity index (χ4v) is 2.82. The van der Waals surface area contributed by atoms with E-state index in [1.807, 2.05) is 20.8 Å². The fourth-order valence-electron chi connectivity index (χ4n) is 2.66. The second-order valence-corrected chi connectivity index (χ2v) is 7.60. The Bertz CT molecular complexity index is 667. The van der Waals surface area contributed by atoms with Gasteiger partial charge >= 0.3 is 12.1 Å². The lowest BCUT2D eigenvalue weighted by Gasteiger charge is -2.37. The molecule has 1 amide bonds. The lowest BCUT2D eigenvalue weighted by Crippen LogP contribution is -2.50. The highest BCUT2D eigenvalue weighted by Gasteiger charge is 2.27. The number of piperazine rings is 1. The summed E-state index contributed by atoms with van der Waals surface area (Å²) in [6, 6.07) is 5.24. The minimum Gasteiger partial charge on any atom is -0.480 e. The number of hydrogen-bond donors (Lipinski definition) is 0. The molecule has 1 fully saturated rings. The fraction of sp³-hybridized carbons (Fsp3) is 0.579. The summed E-state index contributed by atoms with van der Waals surface area (Å²) < 4.78 is 15.9. The molecule has 1 aliphatic rings. The van der Waals surface area contributed by atoms with Gasteiger partial charge in [0.05, 0.1) is 12.3 Å². The van der Waals surface area contributed by atoms with Crippen LogP contribution in [0.15, 0.2) is 18.2 Å². The number of rotatable bonds is 5. The zero-order valence-corrected chi connectivity index (χ0v) is 17.0. The topological polar surface area (TPSA) is 68.3 Å². The molecule has 0 N–H and O–H groups in total. The van der Waals surface area contributed by atoms with Gasteiger partial charge in [-0.1, -0.05) is 11.6 Å². The molecule has 8 heteroatoms. The first-order valence-electron chi connectivity index (χ1n) is 9.00. The second-order valence-electron chi connectivity index (χ2n) is 7.16. The number of hydrogen-bond acceptors (Lipinski definition) is 6. The molecular weight excluding hydrogens is 372 g/mol. The SMILES string of the molecule is CCOC(=O)COc1ccc(Cl)cc1N1CCN(C(=O)OC(C)(C)C)CC1. The lowest BCUT2D eigenvalue weighted by molar-refractivity contribution is -0.145. The van der Waals surface area contributed by atoms with Crippen molar-refractivity contribution in [3.8, 4) is 5.75 Å². The third-order valence-corrected chi connectivity index (χ3v) is 4.08. The van der Waals surface area contributed by atoms with Crippen molar-refractivity contribution in [3.63, 3.8) is 0 Å². The van der Waals surface area contributed by atoms with Gasteiger partial charge in [0.15, 0.2) is 6.61 Å². The van der Waals surface area contributed by atoms with E-state index in [-0.39, 0.29) is 12.7 Å². The van der Waals surface area contributed by atoms with E-state index in [0.29, 0.717) is 43.6 Å². The number of nitrogens with zero attached hydrogens (tertiary/aromatic N) is 2. The molecule has 150 valence electrons. The summed E-state index contributed by atoms with van der Waals surface area (Å²) in [4.78, 5) is 27.5. The summed E-state index contributed by atoms with van der Waals surface area (Å²) in [5.41, 5.74) is 0.269. The number of amides is 1. The molecule has 1 saturated heterocycles. The maximum absolute atomic E-state index is 12.2. The molecule has 27 heavy (non-hydrogen) atoms. The van der Waals surface area contributed by atoms with Crippen LogP contribution in [0.2, 0.25) is 5.02 Å². The van der Waals surface area contributed by atoms with Gasteiger partial charge in [0, 0.05) is 31.2 Å². The summed E-state index contributed by atoms with van der Waals surface area (Å²) >= 11 is 6.14. The number of halogens is 1. The predicted octanol–water partition coefficient (Wildman–Crippen LogP) is 3.34. The van der Waals surface area contributed by atoms with Gasteiger partial charge in [-0.3, -0.25) is 0 Å². The highest BCUT2D eigenvalue weighted by atomic mass is 35.5. The van der Waals surface area contributed by atoms with E-state index in [4.69, 9.17) is 25.8 Å². The summed E-state index contributed by atoms with van der Waals surface area (Å²) in [7, 11) is 0. The normalized spacial score (nSPS) is 14.7. The minimum absolute atomic E-state index is 0.166. The van der Waals surface area contributed by atoms with E-state index in [1.165, 1.54) is 0 Å². The smallest absolute Gasteiger partial charge is 0.410 e. The van der Waals surface area contributed by atoms with Crippen LogP contribution >= 0.6 is 11.6 Å². The number of esters is 1. The van der Waals surface area contributed by atoms with Gasteiger partial charge in [-0.2, -0.15) is 0 Å². The standard InChI is InChI=1S/C19H27ClN2O5/c1-5-25-17(23)13-26-16-7-6-14(20)12-15(16)21-8-10-22(11-9-21)18(24)27-19(2,3)4/h6-7,12H,5,8-11,13H2,1-4H3. The molecule has 1 aromatic rings. The molecule has 0 spiro atoms. The maximum atomic E-state index is 12.2. The second kappa shape index (κ2) is 9.17. The van der Waals surface area contributed by atoms with Crippen LogP contribution < -0.4 is 9.64 Å². The van der Waals surface area contributed by atoms with Gasteiger partial charge in [0.1, 0.15) is 11.4 Å². The third kappa shape index (κ3) is 6.50. The van der Waals surface area contributed by atoms with Crippen molar-refractivity contribution in [2.45, 2.75) is 33.3 Å². The van der Waals surface area contributed by atoms with Crippen LogP contribution in [0.1, 0.15) is 27.7 Å². The third-order valence-electron chi connectivity index (χ3n) is 3.84. The monoisotopic (exact) mass is 398 g/mol. The highest BCUT2D eigenvalue weighted by molar-refractivity contribution is 6.30. The van der Waals surface area contributed by atoms with Gasteiger partial charge in [-0.05, 0) is 45.9 Å². The van der Waals surface area contributed by atoms with E-state index in [1.54, 1.807) is 30.0 Å². The van der Waals surface area contributed by atoms with Crippen molar-refractivity contribution in [2.24, 2.45) is 0 Å². The molecule has 0 atom stereocenters. The first-order valence-corrected chi connectivity index (χ1v) is 9.38. The highest BCUT2D eigenvalue weighted by Crippen LogP contribution is 2.32. The van der Waals surface area contributed by atoms with Crippen LogP contribution in [0.4, 0.5) is 10.5 Å². The van der Waals surface area contributed by atoms with E-state index >= 15 is 0 Å². The molecule has 0 bridgehead atoms.